The van der Waals surface area contributed by atoms with Crippen LogP contribution in [0.3, 0.4) is 0 Å². The number of rotatable bonds is 5. The summed E-state index contributed by atoms with van der Waals surface area (Å²) in [6.07, 6.45) is 1.55. The first kappa shape index (κ1) is 18.9. The minimum absolute atomic E-state index is 0.103. The maximum Gasteiger partial charge on any atom is 0.363 e. The molecule has 0 aliphatic carbocycles. The molecule has 0 atom stereocenters. The van der Waals surface area contributed by atoms with Gasteiger partial charge < -0.3 is 14.2 Å². The zero-order valence-electron chi connectivity index (χ0n) is 14.1. The van der Waals surface area contributed by atoms with E-state index in [1.165, 1.54) is 7.11 Å². The zero-order chi connectivity index (χ0) is 19.4. The number of halogens is 2. The second-order valence-electron chi connectivity index (χ2n) is 5.40. The number of hydrogen-bond donors (Lipinski definition) is 0. The molecular formula is C19H13Cl2NO5. The van der Waals surface area contributed by atoms with Crippen LogP contribution in [0.1, 0.15) is 11.1 Å². The third kappa shape index (κ3) is 4.67. The first-order valence-corrected chi connectivity index (χ1v) is 8.49. The number of aliphatic imine (C=N–C) groups is 1. The number of nitrogens with zero attached hydrogens (tertiary/aromatic N) is 1. The molecule has 0 bridgehead atoms. The van der Waals surface area contributed by atoms with Gasteiger partial charge in [0.25, 0.3) is 0 Å². The Morgan fingerprint density at radius 2 is 2.04 bits per heavy atom. The van der Waals surface area contributed by atoms with Gasteiger partial charge in [-0.2, -0.15) is 0 Å². The molecule has 0 spiro atoms. The Kier molecular flexibility index (Phi) is 5.78. The highest BCUT2D eigenvalue weighted by atomic mass is 35.5. The molecule has 0 saturated heterocycles. The van der Waals surface area contributed by atoms with Crippen molar-refractivity contribution >= 4 is 47.1 Å². The van der Waals surface area contributed by atoms with E-state index in [2.05, 4.69) is 9.73 Å². The van der Waals surface area contributed by atoms with E-state index in [9.17, 15) is 9.59 Å². The number of cyclic esters (lactones) is 1. The number of esters is 2. The predicted octanol–water partition coefficient (Wildman–Crippen LogP) is 3.89. The minimum atomic E-state index is -0.600. The van der Waals surface area contributed by atoms with Crippen molar-refractivity contribution in [3.8, 4) is 5.75 Å². The van der Waals surface area contributed by atoms with Crippen molar-refractivity contribution < 1.29 is 23.8 Å². The molecule has 0 aromatic heterocycles. The Balaban J connectivity index is 1.83. The fourth-order valence-electron chi connectivity index (χ4n) is 2.24. The van der Waals surface area contributed by atoms with Crippen LogP contribution in [0, 0.1) is 0 Å². The highest BCUT2D eigenvalue weighted by molar-refractivity contribution is 6.37. The fourth-order valence-corrected chi connectivity index (χ4v) is 2.73. The number of benzene rings is 2. The van der Waals surface area contributed by atoms with E-state index in [4.69, 9.17) is 32.7 Å². The van der Waals surface area contributed by atoms with Crippen molar-refractivity contribution in [2.45, 2.75) is 0 Å². The summed E-state index contributed by atoms with van der Waals surface area (Å²) >= 11 is 12.0. The van der Waals surface area contributed by atoms with Gasteiger partial charge in [0.05, 0.1) is 17.7 Å². The van der Waals surface area contributed by atoms with Crippen molar-refractivity contribution in [3.63, 3.8) is 0 Å². The molecule has 2 aromatic rings. The summed E-state index contributed by atoms with van der Waals surface area (Å²) in [6, 6.07) is 11.6. The van der Waals surface area contributed by atoms with Gasteiger partial charge in [-0.05, 0) is 42.0 Å². The highest BCUT2D eigenvalue weighted by Crippen LogP contribution is 2.26. The molecule has 8 heteroatoms. The molecule has 0 saturated carbocycles. The summed E-state index contributed by atoms with van der Waals surface area (Å²) in [5.74, 6) is -0.541. The summed E-state index contributed by atoms with van der Waals surface area (Å²) in [5, 5.41) is 0.793. The molecule has 138 valence electrons. The van der Waals surface area contributed by atoms with Crippen LogP contribution >= 0.6 is 23.2 Å². The first-order chi connectivity index (χ1) is 13.0. The first-order valence-electron chi connectivity index (χ1n) is 7.74. The number of ether oxygens (including phenoxy) is 3. The van der Waals surface area contributed by atoms with Gasteiger partial charge in [-0.15, -0.1) is 0 Å². The Morgan fingerprint density at radius 3 is 2.78 bits per heavy atom. The number of carbonyl (C=O) groups is 2. The SMILES string of the molecule is COC(=O)COc1cccc(/C=C2\N=C(c3ccc(Cl)cc3Cl)OC2=O)c1. The van der Waals surface area contributed by atoms with Crippen molar-refractivity contribution in [2.75, 3.05) is 13.7 Å². The molecule has 27 heavy (non-hydrogen) atoms. The number of carbonyl (C=O) groups excluding carboxylic acids is 2. The van der Waals surface area contributed by atoms with Crippen molar-refractivity contribution in [2.24, 2.45) is 4.99 Å². The van der Waals surface area contributed by atoms with Gasteiger partial charge in [0.1, 0.15) is 5.75 Å². The smallest absolute Gasteiger partial charge is 0.363 e. The number of hydrogen-bond acceptors (Lipinski definition) is 6. The van der Waals surface area contributed by atoms with E-state index in [1.54, 1.807) is 48.5 Å². The van der Waals surface area contributed by atoms with E-state index in [0.29, 0.717) is 26.9 Å². The van der Waals surface area contributed by atoms with Gasteiger partial charge in [-0.25, -0.2) is 14.6 Å². The average Bonchev–Trinajstić information content (AvgIpc) is 3.00. The lowest BCUT2D eigenvalue weighted by molar-refractivity contribution is -0.142. The lowest BCUT2D eigenvalue weighted by atomic mass is 10.2. The molecule has 3 rings (SSSR count). The predicted molar refractivity (Wildman–Crippen MR) is 101 cm³/mol. The van der Waals surface area contributed by atoms with Crippen LogP contribution in [-0.4, -0.2) is 31.6 Å². The fraction of sp³-hybridized carbons (Fsp3) is 0.105. The van der Waals surface area contributed by atoms with Gasteiger partial charge >= 0.3 is 11.9 Å². The Morgan fingerprint density at radius 1 is 1.22 bits per heavy atom. The zero-order valence-corrected chi connectivity index (χ0v) is 15.6. The van der Waals surface area contributed by atoms with Gasteiger partial charge in [-0.3, -0.25) is 0 Å². The molecule has 0 N–H and O–H groups in total. The van der Waals surface area contributed by atoms with E-state index < -0.39 is 11.9 Å². The topological polar surface area (TPSA) is 74.2 Å². The summed E-state index contributed by atoms with van der Waals surface area (Å²) in [6.45, 7) is -0.212. The minimum Gasteiger partial charge on any atom is -0.482 e. The molecule has 1 aliphatic heterocycles. The summed E-state index contributed by atoms with van der Waals surface area (Å²) in [7, 11) is 1.28. The van der Waals surface area contributed by atoms with E-state index in [0.717, 1.165) is 0 Å². The summed E-state index contributed by atoms with van der Waals surface area (Å²) < 4.78 is 15.0. The van der Waals surface area contributed by atoms with Gasteiger partial charge in [0.2, 0.25) is 5.90 Å². The van der Waals surface area contributed by atoms with E-state index in [1.807, 2.05) is 0 Å². The van der Waals surface area contributed by atoms with Crippen LogP contribution in [0.5, 0.6) is 5.75 Å². The maximum absolute atomic E-state index is 12.1. The lowest BCUT2D eigenvalue weighted by Gasteiger charge is -2.05. The average molecular weight is 406 g/mol. The van der Waals surface area contributed by atoms with Gasteiger partial charge in [-0.1, -0.05) is 35.3 Å². The lowest BCUT2D eigenvalue weighted by Crippen LogP contribution is -2.12. The van der Waals surface area contributed by atoms with Crippen LogP contribution in [0.25, 0.3) is 6.08 Å². The molecule has 1 aliphatic rings. The van der Waals surface area contributed by atoms with E-state index >= 15 is 0 Å². The van der Waals surface area contributed by atoms with Crippen LogP contribution in [0.15, 0.2) is 53.2 Å². The van der Waals surface area contributed by atoms with E-state index in [-0.39, 0.29) is 18.2 Å². The Hall–Kier alpha value is -2.83. The molecule has 0 amide bonds. The Labute approximate surface area is 165 Å². The molecule has 0 radical (unpaired) electrons. The second-order valence-corrected chi connectivity index (χ2v) is 6.24. The quantitative estimate of drug-likeness (QED) is 0.557. The van der Waals surface area contributed by atoms with Crippen LogP contribution < -0.4 is 4.74 Å². The molecule has 0 fully saturated rings. The van der Waals surface area contributed by atoms with Gasteiger partial charge in [0, 0.05) is 5.02 Å². The monoisotopic (exact) mass is 405 g/mol. The van der Waals surface area contributed by atoms with Crippen molar-refractivity contribution in [1.29, 1.82) is 0 Å². The highest BCUT2D eigenvalue weighted by Gasteiger charge is 2.25. The summed E-state index contributed by atoms with van der Waals surface area (Å²) in [5.41, 5.74) is 1.23. The number of methoxy groups -OCH3 is 1. The molecule has 6 nitrogen and oxygen atoms in total. The van der Waals surface area contributed by atoms with Gasteiger partial charge in [0.15, 0.2) is 12.3 Å². The van der Waals surface area contributed by atoms with Crippen LogP contribution in [0.4, 0.5) is 0 Å². The second kappa shape index (κ2) is 8.24. The molecule has 2 aromatic carbocycles. The summed E-state index contributed by atoms with van der Waals surface area (Å²) in [4.78, 5) is 27.5. The van der Waals surface area contributed by atoms with Crippen molar-refractivity contribution in [3.05, 3.63) is 69.3 Å². The standard InChI is InChI=1S/C19H13Cl2NO5/c1-25-17(23)10-26-13-4-2-3-11(7-13)8-16-19(24)27-18(22-16)14-6-5-12(20)9-15(14)21/h2-9H,10H2,1H3/b16-8-. The molecule has 0 unspecified atom stereocenters. The third-order valence-electron chi connectivity index (χ3n) is 3.53. The van der Waals surface area contributed by atoms with Crippen LogP contribution in [0.2, 0.25) is 10.0 Å². The van der Waals surface area contributed by atoms with Crippen molar-refractivity contribution in [1.82, 2.24) is 0 Å². The molecule has 1 heterocycles. The molecular weight excluding hydrogens is 393 g/mol. The third-order valence-corrected chi connectivity index (χ3v) is 4.08. The largest absolute Gasteiger partial charge is 0.482 e. The van der Waals surface area contributed by atoms with Crippen LogP contribution in [-0.2, 0) is 19.1 Å². The Bertz CT molecular complexity index is 968. The maximum atomic E-state index is 12.1. The normalized spacial score (nSPS) is 14.7.